The van der Waals surface area contributed by atoms with Crippen molar-refractivity contribution in [1.29, 1.82) is 0 Å². The Bertz CT molecular complexity index is 190. The fourth-order valence-corrected chi connectivity index (χ4v) is 4.87. The molecule has 88 valence electrons. The number of rotatable bonds is 8. The van der Waals surface area contributed by atoms with E-state index in [0.717, 1.165) is 6.42 Å². The number of hydrogen-bond donors (Lipinski definition) is 0. The van der Waals surface area contributed by atoms with Crippen LogP contribution in [0.2, 0.25) is 0 Å². The topological polar surface area (TPSA) is 26.3 Å². The van der Waals surface area contributed by atoms with E-state index in [2.05, 4.69) is 27.4 Å². The van der Waals surface area contributed by atoms with E-state index in [1.54, 1.807) is 0 Å². The maximum Gasteiger partial charge on any atom is 0.330 e. The Labute approximate surface area is 94.4 Å². The fourth-order valence-electron chi connectivity index (χ4n) is 1.78. The molecule has 0 rings (SSSR count). The summed E-state index contributed by atoms with van der Waals surface area (Å²) in [5.74, 6) is -0.302. The molecule has 0 atom stereocenters. The molecule has 0 aliphatic rings. The van der Waals surface area contributed by atoms with E-state index >= 15 is 0 Å². The summed E-state index contributed by atoms with van der Waals surface area (Å²) in [4.78, 5) is 10.8. The normalized spacial score (nSPS) is 11.1. The first kappa shape index (κ1) is 14.6. The summed E-state index contributed by atoms with van der Waals surface area (Å²) in [6.07, 6.45) is 7.42. The predicted molar refractivity (Wildman–Crippen MR) is 69.2 cm³/mol. The lowest BCUT2D eigenvalue weighted by Crippen LogP contribution is -2.10. The molecule has 2 nitrogen and oxygen atoms in total. The summed E-state index contributed by atoms with van der Waals surface area (Å²) >= 11 is 0. The molecule has 15 heavy (non-hydrogen) atoms. The highest BCUT2D eigenvalue weighted by Crippen LogP contribution is 2.57. The van der Waals surface area contributed by atoms with Crippen molar-refractivity contribution in [3.05, 3.63) is 12.7 Å². The number of carbonyl (C=O) groups is 1. The quantitative estimate of drug-likeness (QED) is 0.277. The Morgan fingerprint density at radius 1 is 1.27 bits per heavy atom. The van der Waals surface area contributed by atoms with Crippen LogP contribution in [0.15, 0.2) is 12.7 Å². The van der Waals surface area contributed by atoms with Crippen molar-refractivity contribution in [3.8, 4) is 0 Å². The van der Waals surface area contributed by atoms with Gasteiger partial charge in [-0.15, -0.1) is 0 Å². The van der Waals surface area contributed by atoms with Crippen molar-refractivity contribution in [2.75, 3.05) is 31.3 Å². The molecule has 0 fully saturated rings. The van der Waals surface area contributed by atoms with Crippen LogP contribution in [-0.2, 0) is 9.53 Å². The van der Waals surface area contributed by atoms with Crippen molar-refractivity contribution in [2.45, 2.75) is 27.2 Å². The Morgan fingerprint density at radius 2 is 1.80 bits per heavy atom. The van der Waals surface area contributed by atoms with E-state index in [0.29, 0.717) is 6.61 Å². The van der Waals surface area contributed by atoms with Gasteiger partial charge in [0.25, 0.3) is 0 Å². The Balaban J connectivity index is 3.81. The van der Waals surface area contributed by atoms with Gasteiger partial charge in [0.2, 0.25) is 0 Å². The van der Waals surface area contributed by atoms with Crippen LogP contribution >= 0.6 is 7.26 Å². The third kappa shape index (κ3) is 5.32. The SMILES string of the molecule is C=CC(=O)OCCC[P+](CC)(CC)CC. The predicted octanol–water partition coefficient (Wildman–Crippen LogP) is 3.18. The van der Waals surface area contributed by atoms with E-state index < -0.39 is 7.26 Å². The van der Waals surface area contributed by atoms with Crippen molar-refractivity contribution in [1.82, 2.24) is 0 Å². The summed E-state index contributed by atoms with van der Waals surface area (Å²) in [6, 6.07) is 0. The number of ether oxygens (including phenoxy) is 1. The molecule has 0 bridgehead atoms. The smallest absolute Gasteiger partial charge is 0.330 e. The number of esters is 1. The molecule has 0 aromatic rings. The highest BCUT2D eigenvalue weighted by molar-refractivity contribution is 7.75. The lowest BCUT2D eigenvalue weighted by atomic mass is 10.5. The van der Waals surface area contributed by atoms with Crippen LogP contribution in [0.3, 0.4) is 0 Å². The average Bonchev–Trinajstić information content (AvgIpc) is 2.30. The molecule has 0 N–H and O–H groups in total. The zero-order chi connectivity index (χ0) is 11.7. The lowest BCUT2D eigenvalue weighted by molar-refractivity contribution is -0.137. The van der Waals surface area contributed by atoms with Gasteiger partial charge in [-0.05, 0) is 20.8 Å². The fraction of sp³-hybridized carbons (Fsp3) is 0.750. The van der Waals surface area contributed by atoms with Crippen LogP contribution in [0.1, 0.15) is 27.2 Å². The Kier molecular flexibility index (Phi) is 7.68. The molecule has 0 unspecified atom stereocenters. The van der Waals surface area contributed by atoms with Gasteiger partial charge in [-0.2, -0.15) is 0 Å². The van der Waals surface area contributed by atoms with E-state index in [4.69, 9.17) is 4.74 Å². The van der Waals surface area contributed by atoms with Crippen LogP contribution in [0, 0.1) is 0 Å². The van der Waals surface area contributed by atoms with Crippen molar-refractivity contribution in [2.24, 2.45) is 0 Å². The van der Waals surface area contributed by atoms with Gasteiger partial charge >= 0.3 is 5.97 Å². The average molecular weight is 231 g/mol. The molecule has 0 heterocycles. The monoisotopic (exact) mass is 231 g/mol. The van der Waals surface area contributed by atoms with Gasteiger partial charge in [0, 0.05) is 19.8 Å². The zero-order valence-corrected chi connectivity index (χ0v) is 11.2. The second kappa shape index (κ2) is 7.87. The van der Waals surface area contributed by atoms with Gasteiger partial charge in [0.05, 0.1) is 31.3 Å². The van der Waals surface area contributed by atoms with E-state index in [1.165, 1.54) is 30.7 Å². The maximum absolute atomic E-state index is 10.8. The van der Waals surface area contributed by atoms with Gasteiger partial charge in [0.1, 0.15) is 0 Å². The molecular weight excluding hydrogens is 207 g/mol. The van der Waals surface area contributed by atoms with Gasteiger partial charge in [-0.25, -0.2) is 4.79 Å². The molecule has 3 heteroatoms. The minimum atomic E-state index is -0.724. The second-order valence-electron chi connectivity index (χ2n) is 3.74. The molecule has 0 amide bonds. The van der Waals surface area contributed by atoms with Crippen LogP contribution in [-0.4, -0.2) is 37.2 Å². The highest BCUT2D eigenvalue weighted by atomic mass is 31.2. The summed E-state index contributed by atoms with van der Waals surface area (Å²) in [5, 5.41) is 0. The number of hydrogen-bond acceptors (Lipinski definition) is 2. The molecule has 0 saturated heterocycles. The third-order valence-corrected chi connectivity index (χ3v) is 8.49. The van der Waals surface area contributed by atoms with Crippen LogP contribution in [0.25, 0.3) is 0 Å². The summed E-state index contributed by atoms with van der Waals surface area (Å²) < 4.78 is 4.98. The molecule has 0 spiro atoms. The number of carbonyl (C=O) groups excluding carboxylic acids is 1. The third-order valence-electron chi connectivity index (χ3n) is 3.20. The van der Waals surface area contributed by atoms with Gasteiger partial charge in [0.15, 0.2) is 0 Å². The standard InChI is InChI=1S/C12H24O2P/c1-5-12(13)14-10-9-11-15(6-2,7-3)8-4/h5H,1,6-11H2,2-4H3/q+1. The summed E-state index contributed by atoms with van der Waals surface area (Å²) in [7, 11) is -0.724. The van der Waals surface area contributed by atoms with Crippen molar-refractivity contribution < 1.29 is 9.53 Å². The molecule has 0 saturated carbocycles. The van der Waals surface area contributed by atoms with Crippen LogP contribution in [0.5, 0.6) is 0 Å². The first-order valence-corrected chi connectivity index (χ1v) is 8.31. The first-order chi connectivity index (χ1) is 7.14. The van der Waals surface area contributed by atoms with Crippen LogP contribution < -0.4 is 0 Å². The molecule has 0 aliphatic heterocycles. The van der Waals surface area contributed by atoms with Crippen molar-refractivity contribution in [3.63, 3.8) is 0 Å². The summed E-state index contributed by atoms with van der Waals surface area (Å²) in [5.41, 5.74) is 0. The second-order valence-corrected chi connectivity index (χ2v) is 8.77. The zero-order valence-electron chi connectivity index (χ0n) is 10.3. The Morgan fingerprint density at radius 3 is 2.20 bits per heavy atom. The van der Waals surface area contributed by atoms with E-state index in [9.17, 15) is 4.79 Å². The van der Waals surface area contributed by atoms with Gasteiger partial charge < -0.3 is 4.74 Å². The molecule has 0 radical (unpaired) electrons. The van der Waals surface area contributed by atoms with E-state index in [-0.39, 0.29) is 5.97 Å². The molecule has 0 aromatic carbocycles. The maximum atomic E-state index is 10.8. The van der Waals surface area contributed by atoms with Gasteiger partial charge in [-0.3, -0.25) is 0 Å². The Hall–Kier alpha value is -0.360. The minimum absolute atomic E-state index is 0.302. The molecule has 0 aliphatic carbocycles. The largest absolute Gasteiger partial charge is 0.462 e. The lowest BCUT2D eigenvalue weighted by Gasteiger charge is -2.23. The molecular formula is C12H24O2P+. The highest BCUT2D eigenvalue weighted by Gasteiger charge is 2.30. The van der Waals surface area contributed by atoms with Crippen molar-refractivity contribution >= 4 is 13.2 Å². The van der Waals surface area contributed by atoms with Crippen LogP contribution in [0.4, 0.5) is 0 Å². The van der Waals surface area contributed by atoms with Gasteiger partial charge in [-0.1, -0.05) is 6.58 Å². The van der Waals surface area contributed by atoms with E-state index in [1.807, 2.05) is 0 Å². The molecule has 0 aromatic heterocycles. The minimum Gasteiger partial charge on any atom is -0.462 e. The first-order valence-electron chi connectivity index (χ1n) is 5.78. The summed E-state index contributed by atoms with van der Waals surface area (Å²) in [6.45, 7) is 10.8.